The highest BCUT2D eigenvalue weighted by Crippen LogP contribution is 2.26. The number of benzene rings is 1. The van der Waals surface area contributed by atoms with Crippen LogP contribution in [-0.4, -0.2) is 5.16 Å². The van der Waals surface area contributed by atoms with Crippen molar-refractivity contribution < 1.29 is 4.52 Å². The van der Waals surface area contributed by atoms with E-state index in [-0.39, 0.29) is 0 Å². The van der Waals surface area contributed by atoms with Crippen LogP contribution < -0.4 is 5.73 Å². The number of nitrogen functional groups attached to an aromatic ring is 1. The van der Waals surface area contributed by atoms with Crippen molar-refractivity contribution in [1.82, 2.24) is 5.16 Å². The van der Waals surface area contributed by atoms with Crippen LogP contribution in [0, 0.1) is 3.57 Å². The second kappa shape index (κ2) is 3.90. The summed E-state index contributed by atoms with van der Waals surface area (Å²) in [7, 11) is 0. The molecule has 1 aromatic carbocycles. The molecule has 2 aromatic rings. The molecule has 3 nitrogen and oxygen atoms in total. The molecule has 0 radical (unpaired) electrons. The summed E-state index contributed by atoms with van der Waals surface area (Å²) in [6, 6.07) is 7.67. The third-order valence-electron chi connectivity index (χ3n) is 1.74. The highest BCUT2D eigenvalue weighted by molar-refractivity contribution is 14.1. The molecule has 14 heavy (non-hydrogen) atoms. The van der Waals surface area contributed by atoms with E-state index in [9.17, 15) is 0 Å². The zero-order valence-electron chi connectivity index (χ0n) is 7.00. The summed E-state index contributed by atoms with van der Waals surface area (Å²) in [5, 5.41) is 3.83. The Hall–Kier alpha value is -0.560. The molecule has 0 aliphatic rings. The quantitative estimate of drug-likeness (QED) is 0.790. The van der Waals surface area contributed by atoms with Crippen LogP contribution in [0.3, 0.4) is 0 Å². The van der Waals surface area contributed by atoms with Gasteiger partial charge < -0.3 is 10.3 Å². The van der Waals surface area contributed by atoms with Crippen LogP contribution in [0.2, 0.25) is 0 Å². The van der Waals surface area contributed by atoms with Gasteiger partial charge >= 0.3 is 0 Å². The topological polar surface area (TPSA) is 52.0 Å². The normalized spacial score (nSPS) is 10.4. The SMILES string of the molecule is Nc1cc(-c2ccc(I)c(Br)c2)no1. The Morgan fingerprint density at radius 3 is 2.71 bits per heavy atom. The molecule has 2 N–H and O–H groups in total. The Balaban J connectivity index is 2.47. The molecule has 0 fully saturated rings. The number of nitrogens with zero attached hydrogens (tertiary/aromatic N) is 1. The van der Waals surface area contributed by atoms with Gasteiger partial charge in [-0.25, -0.2) is 0 Å². The summed E-state index contributed by atoms with van der Waals surface area (Å²) in [5.74, 6) is 0.328. The largest absolute Gasteiger partial charge is 0.368 e. The van der Waals surface area contributed by atoms with E-state index in [1.165, 1.54) is 0 Å². The summed E-state index contributed by atoms with van der Waals surface area (Å²) in [5.41, 5.74) is 7.18. The molecule has 0 bridgehead atoms. The van der Waals surface area contributed by atoms with E-state index in [4.69, 9.17) is 10.3 Å². The summed E-state index contributed by atoms with van der Waals surface area (Å²) < 4.78 is 6.99. The molecule has 0 spiro atoms. The van der Waals surface area contributed by atoms with Crippen LogP contribution in [0.25, 0.3) is 11.3 Å². The van der Waals surface area contributed by atoms with E-state index in [1.54, 1.807) is 6.07 Å². The van der Waals surface area contributed by atoms with Crippen molar-refractivity contribution in [3.05, 3.63) is 32.3 Å². The van der Waals surface area contributed by atoms with Gasteiger partial charge in [-0.3, -0.25) is 0 Å². The lowest BCUT2D eigenvalue weighted by molar-refractivity contribution is 0.439. The molecular formula is C9H6BrIN2O. The molecule has 1 heterocycles. The third kappa shape index (κ3) is 1.93. The van der Waals surface area contributed by atoms with E-state index < -0.39 is 0 Å². The second-order valence-electron chi connectivity index (χ2n) is 2.74. The Bertz CT molecular complexity index is 470. The fraction of sp³-hybridized carbons (Fsp3) is 0. The average molecular weight is 365 g/mol. The number of rotatable bonds is 1. The molecule has 2 rings (SSSR count). The minimum atomic E-state index is 0.328. The highest BCUT2D eigenvalue weighted by atomic mass is 127. The standard InChI is InChI=1S/C9H6BrIN2O/c10-6-3-5(1-2-7(6)11)8-4-9(12)14-13-8/h1-4H,12H2. The Labute approximate surface area is 103 Å². The van der Waals surface area contributed by atoms with Gasteiger partial charge in [0.05, 0.1) is 0 Å². The fourth-order valence-electron chi connectivity index (χ4n) is 1.08. The summed E-state index contributed by atoms with van der Waals surface area (Å²) in [6.45, 7) is 0. The molecule has 0 unspecified atom stereocenters. The zero-order chi connectivity index (χ0) is 10.1. The maximum atomic E-state index is 5.44. The first kappa shape index (κ1) is 9.97. The van der Waals surface area contributed by atoms with Gasteiger partial charge in [0, 0.05) is 19.7 Å². The molecule has 5 heteroatoms. The fourth-order valence-corrected chi connectivity index (χ4v) is 1.80. The molecule has 0 atom stereocenters. The van der Waals surface area contributed by atoms with Gasteiger partial charge in [0.1, 0.15) is 5.69 Å². The lowest BCUT2D eigenvalue weighted by atomic mass is 10.2. The van der Waals surface area contributed by atoms with Crippen molar-refractivity contribution in [1.29, 1.82) is 0 Å². The number of anilines is 1. The number of nitrogens with two attached hydrogens (primary N) is 1. The number of hydrogen-bond acceptors (Lipinski definition) is 3. The number of halogens is 2. The lowest BCUT2D eigenvalue weighted by Crippen LogP contribution is -1.80. The molecule has 72 valence electrons. The van der Waals surface area contributed by atoms with Gasteiger partial charge in [0.15, 0.2) is 0 Å². The van der Waals surface area contributed by atoms with Gasteiger partial charge in [-0.1, -0.05) is 11.2 Å². The van der Waals surface area contributed by atoms with Crippen LogP contribution >= 0.6 is 38.5 Å². The van der Waals surface area contributed by atoms with Gasteiger partial charge in [-0.05, 0) is 50.7 Å². The monoisotopic (exact) mass is 364 g/mol. The summed E-state index contributed by atoms with van der Waals surface area (Å²) >= 11 is 5.70. The summed E-state index contributed by atoms with van der Waals surface area (Å²) in [6.07, 6.45) is 0. The van der Waals surface area contributed by atoms with E-state index in [0.717, 1.165) is 19.3 Å². The first-order valence-corrected chi connectivity index (χ1v) is 5.71. The maximum absolute atomic E-state index is 5.44. The summed E-state index contributed by atoms with van der Waals surface area (Å²) in [4.78, 5) is 0. The van der Waals surface area contributed by atoms with Crippen molar-refractivity contribution in [2.75, 3.05) is 5.73 Å². The van der Waals surface area contributed by atoms with Crippen molar-refractivity contribution in [2.24, 2.45) is 0 Å². The van der Waals surface area contributed by atoms with Crippen LogP contribution in [-0.2, 0) is 0 Å². The minimum Gasteiger partial charge on any atom is -0.368 e. The molecule has 0 aliphatic heterocycles. The third-order valence-corrected chi connectivity index (χ3v) is 4.08. The Kier molecular flexibility index (Phi) is 2.78. The minimum absolute atomic E-state index is 0.328. The molecule has 1 aromatic heterocycles. The predicted molar refractivity (Wildman–Crippen MR) is 66.8 cm³/mol. The number of hydrogen-bond donors (Lipinski definition) is 1. The lowest BCUT2D eigenvalue weighted by Gasteiger charge is -1.98. The average Bonchev–Trinajstić information content (AvgIpc) is 2.57. The van der Waals surface area contributed by atoms with Gasteiger partial charge in [-0.15, -0.1) is 0 Å². The Morgan fingerprint density at radius 2 is 2.14 bits per heavy atom. The Morgan fingerprint density at radius 1 is 1.36 bits per heavy atom. The van der Waals surface area contributed by atoms with Crippen LogP contribution in [0.15, 0.2) is 33.3 Å². The predicted octanol–water partition coefficient (Wildman–Crippen LogP) is 3.29. The first-order chi connectivity index (χ1) is 6.66. The van der Waals surface area contributed by atoms with Crippen molar-refractivity contribution in [3.63, 3.8) is 0 Å². The van der Waals surface area contributed by atoms with E-state index >= 15 is 0 Å². The zero-order valence-corrected chi connectivity index (χ0v) is 10.7. The van der Waals surface area contributed by atoms with E-state index in [2.05, 4.69) is 43.7 Å². The van der Waals surface area contributed by atoms with Crippen LogP contribution in [0.5, 0.6) is 0 Å². The number of aromatic nitrogens is 1. The van der Waals surface area contributed by atoms with Crippen molar-refractivity contribution >= 4 is 44.4 Å². The second-order valence-corrected chi connectivity index (χ2v) is 4.76. The van der Waals surface area contributed by atoms with Crippen LogP contribution in [0.4, 0.5) is 5.88 Å². The molecular weight excluding hydrogens is 359 g/mol. The van der Waals surface area contributed by atoms with Crippen molar-refractivity contribution in [2.45, 2.75) is 0 Å². The molecule has 0 saturated carbocycles. The molecule has 0 amide bonds. The molecule has 0 saturated heterocycles. The van der Waals surface area contributed by atoms with E-state index in [1.807, 2.05) is 18.2 Å². The molecule has 0 aliphatic carbocycles. The smallest absolute Gasteiger partial charge is 0.222 e. The van der Waals surface area contributed by atoms with Crippen molar-refractivity contribution in [3.8, 4) is 11.3 Å². The highest BCUT2D eigenvalue weighted by Gasteiger charge is 2.05. The van der Waals surface area contributed by atoms with Gasteiger partial charge in [0.2, 0.25) is 5.88 Å². The van der Waals surface area contributed by atoms with Gasteiger partial charge in [-0.2, -0.15) is 0 Å². The maximum Gasteiger partial charge on any atom is 0.222 e. The van der Waals surface area contributed by atoms with E-state index in [0.29, 0.717) is 5.88 Å². The first-order valence-electron chi connectivity index (χ1n) is 3.84. The van der Waals surface area contributed by atoms with Gasteiger partial charge in [0.25, 0.3) is 0 Å². The van der Waals surface area contributed by atoms with Crippen LogP contribution in [0.1, 0.15) is 0 Å².